The zero-order chi connectivity index (χ0) is 10.6. The molecule has 0 saturated carbocycles. The van der Waals surface area contributed by atoms with Crippen LogP contribution in [0.5, 0.6) is 0 Å². The maximum Gasteiger partial charge on any atom is 0.417 e. The van der Waals surface area contributed by atoms with Gasteiger partial charge in [-0.1, -0.05) is 12.2 Å². The Morgan fingerprint density at radius 1 is 1.79 bits per heavy atom. The van der Waals surface area contributed by atoms with Crippen molar-refractivity contribution >= 4 is 6.09 Å². The van der Waals surface area contributed by atoms with E-state index in [1.807, 2.05) is 19.1 Å². The average molecular weight is 193 g/mol. The van der Waals surface area contributed by atoms with Gasteiger partial charge in [0.2, 0.25) is 0 Å². The van der Waals surface area contributed by atoms with Gasteiger partial charge in [-0.05, 0) is 18.9 Å². The van der Waals surface area contributed by atoms with E-state index in [4.69, 9.17) is 0 Å². The molecular weight excluding hydrogens is 178 g/mol. The second kappa shape index (κ2) is 4.65. The van der Waals surface area contributed by atoms with Gasteiger partial charge in [0.15, 0.2) is 0 Å². The molecule has 1 rings (SSSR count). The van der Waals surface area contributed by atoms with Gasteiger partial charge in [0, 0.05) is 18.3 Å². The molecule has 0 aromatic carbocycles. The minimum atomic E-state index is -0.363. The molecule has 0 fully saturated rings. The third kappa shape index (κ3) is 2.25. The van der Waals surface area contributed by atoms with E-state index < -0.39 is 0 Å². The average Bonchev–Trinajstić information content (AvgIpc) is 2.20. The summed E-state index contributed by atoms with van der Waals surface area (Å²) in [6, 6.07) is 0. The molecule has 1 heterocycles. The number of ether oxygens (including phenoxy) is 1. The molecule has 1 aliphatic rings. The fourth-order valence-electron chi connectivity index (χ4n) is 1.37. The maximum absolute atomic E-state index is 11.2. The van der Waals surface area contributed by atoms with Crippen LogP contribution >= 0.6 is 0 Å². The van der Waals surface area contributed by atoms with Gasteiger partial charge in [0.25, 0.3) is 0 Å². The Kier molecular flexibility index (Phi) is 3.51. The molecule has 1 aliphatic heterocycles. The first-order chi connectivity index (χ1) is 6.69. The minimum Gasteiger partial charge on any atom is -0.452 e. The second-order valence-corrected chi connectivity index (χ2v) is 3.22. The highest BCUT2D eigenvalue weighted by Gasteiger charge is 2.16. The molecule has 0 radical (unpaired) electrons. The molecular formula is C11H15NO2. The van der Waals surface area contributed by atoms with E-state index in [0.29, 0.717) is 5.92 Å². The van der Waals surface area contributed by atoms with Gasteiger partial charge in [0.05, 0.1) is 7.11 Å². The van der Waals surface area contributed by atoms with Crippen molar-refractivity contribution in [3.8, 4) is 0 Å². The lowest BCUT2D eigenvalue weighted by atomic mass is 9.96. The highest BCUT2D eigenvalue weighted by molar-refractivity contribution is 5.70. The Morgan fingerprint density at radius 3 is 3.00 bits per heavy atom. The Labute approximate surface area is 84.3 Å². The van der Waals surface area contributed by atoms with E-state index in [9.17, 15) is 4.79 Å². The lowest BCUT2D eigenvalue weighted by molar-refractivity contribution is 0.151. The predicted octanol–water partition coefficient (Wildman–Crippen LogP) is 2.68. The van der Waals surface area contributed by atoms with Crippen LogP contribution in [0.25, 0.3) is 0 Å². The summed E-state index contributed by atoms with van der Waals surface area (Å²) in [4.78, 5) is 12.6. The van der Waals surface area contributed by atoms with Crippen LogP contribution in [0.4, 0.5) is 4.79 Å². The van der Waals surface area contributed by atoms with Crippen molar-refractivity contribution in [3.63, 3.8) is 0 Å². The summed E-state index contributed by atoms with van der Waals surface area (Å²) in [5.74, 6) is 0.355. The fraction of sp³-hybridized carbons (Fsp3) is 0.364. The number of methoxy groups -OCH3 is 1. The van der Waals surface area contributed by atoms with E-state index >= 15 is 0 Å². The van der Waals surface area contributed by atoms with Crippen molar-refractivity contribution in [2.75, 3.05) is 7.11 Å². The minimum absolute atomic E-state index is 0.355. The Balaban J connectivity index is 2.70. The van der Waals surface area contributed by atoms with Crippen molar-refractivity contribution in [2.24, 2.45) is 5.92 Å². The van der Waals surface area contributed by atoms with Crippen molar-refractivity contribution in [2.45, 2.75) is 13.3 Å². The summed E-state index contributed by atoms with van der Waals surface area (Å²) in [6.07, 6.45) is 7.91. The summed E-state index contributed by atoms with van der Waals surface area (Å²) in [5.41, 5.74) is 1.14. The standard InChI is InChI=1S/C11H15NO2/c1-4-5-10-6-7-12(8-9(10)2)11(13)14-3/h4,6-8,10H,1,5H2,2-3H3. The zero-order valence-electron chi connectivity index (χ0n) is 8.56. The lowest BCUT2D eigenvalue weighted by Crippen LogP contribution is -2.23. The molecule has 0 N–H and O–H groups in total. The molecule has 0 aliphatic carbocycles. The summed E-state index contributed by atoms with van der Waals surface area (Å²) < 4.78 is 4.60. The van der Waals surface area contributed by atoms with Crippen molar-refractivity contribution < 1.29 is 9.53 Å². The zero-order valence-corrected chi connectivity index (χ0v) is 8.56. The third-order valence-corrected chi connectivity index (χ3v) is 2.21. The molecule has 76 valence electrons. The van der Waals surface area contributed by atoms with Crippen LogP contribution in [-0.4, -0.2) is 18.1 Å². The summed E-state index contributed by atoms with van der Waals surface area (Å²) in [6.45, 7) is 5.69. The van der Waals surface area contributed by atoms with E-state index in [0.717, 1.165) is 12.0 Å². The van der Waals surface area contributed by atoms with Crippen LogP contribution in [0.1, 0.15) is 13.3 Å². The first-order valence-electron chi connectivity index (χ1n) is 4.53. The topological polar surface area (TPSA) is 29.5 Å². The number of carbonyl (C=O) groups is 1. The molecule has 0 saturated heterocycles. The summed E-state index contributed by atoms with van der Waals surface area (Å²) >= 11 is 0. The van der Waals surface area contributed by atoms with Gasteiger partial charge in [-0.25, -0.2) is 4.79 Å². The molecule has 0 aromatic heterocycles. The molecule has 14 heavy (non-hydrogen) atoms. The fourth-order valence-corrected chi connectivity index (χ4v) is 1.37. The van der Waals surface area contributed by atoms with Gasteiger partial charge >= 0.3 is 6.09 Å². The SMILES string of the molecule is C=CCC1C=CN(C(=O)OC)C=C1C. The summed E-state index contributed by atoms with van der Waals surface area (Å²) in [5, 5.41) is 0. The van der Waals surface area contributed by atoms with Gasteiger partial charge in [-0.15, -0.1) is 6.58 Å². The van der Waals surface area contributed by atoms with Crippen LogP contribution in [0, 0.1) is 5.92 Å². The maximum atomic E-state index is 11.2. The molecule has 0 bridgehead atoms. The highest BCUT2D eigenvalue weighted by Crippen LogP contribution is 2.22. The molecule has 1 amide bonds. The van der Waals surface area contributed by atoms with Gasteiger partial charge < -0.3 is 4.74 Å². The van der Waals surface area contributed by atoms with Crippen molar-refractivity contribution in [1.82, 2.24) is 4.90 Å². The van der Waals surface area contributed by atoms with Crippen molar-refractivity contribution in [3.05, 3.63) is 36.7 Å². The number of nitrogens with zero attached hydrogens (tertiary/aromatic N) is 1. The highest BCUT2D eigenvalue weighted by atomic mass is 16.5. The molecule has 3 nitrogen and oxygen atoms in total. The van der Waals surface area contributed by atoms with Crippen LogP contribution in [0.2, 0.25) is 0 Å². The van der Waals surface area contributed by atoms with Crippen LogP contribution < -0.4 is 0 Å². The van der Waals surface area contributed by atoms with Crippen LogP contribution in [-0.2, 0) is 4.74 Å². The smallest absolute Gasteiger partial charge is 0.417 e. The number of rotatable bonds is 2. The first-order valence-corrected chi connectivity index (χ1v) is 4.53. The summed E-state index contributed by atoms with van der Waals surface area (Å²) in [7, 11) is 1.37. The van der Waals surface area contributed by atoms with E-state index in [1.54, 1.807) is 12.4 Å². The van der Waals surface area contributed by atoms with E-state index in [-0.39, 0.29) is 6.09 Å². The number of carbonyl (C=O) groups excluding carboxylic acids is 1. The first kappa shape index (κ1) is 10.6. The lowest BCUT2D eigenvalue weighted by Gasteiger charge is -2.22. The number of allylic oxidation sites excluding steroid dienone is 3. The second-order valence-electron chi connectivity index (χ2n) is 3.22. The Bertz CT molecular complexity index is 292. The Morgan fingerprint density at radius 2 is 2.50 bits per heavy atom. The molecule has 1 atom stereocenters. The van der Waals surface area contributed by atoms with Gasteiger partial charge in [0.1, 0.15) is 0 Å². The number of hydrogen-bond acceptors (Lipinski definition) is 2. The Hall–Kier alpha value is -1.51. The predicted molar refractivity (Wildman–Crippen MR) is 55.4 cm³/mol. The number of amides is 1. The molecule has 1 unspecified atom stereocenters. The van der Waals surface area contributed by atoms with Crippen LogP contribution in [0.15, 0.2) is 36.7 Å². The molecule has 0 aromatic rings. The molecule has 3 heteroatoms. The quantitative estimate of drug-likeness (QED) is 0.631. The van der Waals surface area contributed by atoms with Crippen LogP contribution in [0.3, 0.4) is 0 Å². The largest absolute Gasteiger partial charge is 0.452 e. The van der Waals surface area contributed by atoms with Gasteiger partial charge in [-0.2, -0.15) is 0 Å². The van der Waals surface area contributed by atoms with Crippen molar-refractivity contribution in [1.29, 1.82) is 0 Å². The third-order valence-electron chi connectivity index (χ3n) is 2.21. The number of hydrogen-bond donors (Lipinski definition) is 0. The normalized spacial score (nSPS) is 20.3. The van der Waals surface area contributed by atoms with Gasteiger partial charge in [-0.3, -0.25) is 4.90 Å². The molecule has 0 spiro atoms. The van der Waals surface area contributed by atoms with E-state index in [2.05, 4.69) is 11.3 Å². The monoisotopic (exact) mass is 193 g/mol. The van der Waals surface area contributed by atoms with E-state index in [1.165, 1.54) is 12.0 Å².